The zero-order chi connectivity index (χ0) is 16.8. The van der Waals surface area contributed by atoms with Crippen molar-refractivity contribution >= 4 is 38.1 Å². The van der Waals surface area contributed by atoms with E-state index in [1.54, 1.807) is 12.1 Å². The number of aldehydes is 1. The Morgan fingerprint density at radius 1 is 0.913 bits per heavy atom. The molecule has 3 aromatic rings. The van der Waals surface area contributed by atoms with E-state index in [4.69, 9.17) is 0 Å². The van der Waals surface area contributed by atoms with E-state index >= 15 is 0 Å². The minimum atomic E-state index is 0.707. The van der Waals surface area contributed by atoms with Crippen LogP contribution in [0.1, 0.15) is 21.7 Å². The quantitative estimate of drug-likeness (QED) is 0.523. The number of aryl methyl sites for hydroxylation is 2. The first kappa shape index (κ1) is 17.6. The Morgan fingerprint density at radius 3 is 1.87 bits per heavy atom. The van der Waals surface area contributed by atoms with E-state index in [0.29, 0.717) is 5.56 Å². The molecule has 0 spiro atoms. The zero-order valence-corrected chi connectivity index (χ0v) is 16.0. The third kappa shape index (κ3) is 5.15. The van der Waals surface area contributed by atoms with Gasteiger partial charge in [0.1, 0.15) is 12.1 Å². The van der Waals surface area contributed by atoms with Crippen LogP contribution in [0.5, 0.6) is 0 Å². The maximum atomic E-state index is 10.1. The topological polar surface area (TPSA) is 45.8 Å². The van der Waals surface area contributed by atoms with Gasteiger partial charge in [-0.25, -0.2) is 4.98 Å². The van der Waals surface area contributed by atoms with Crippen molar-refractivity contribution < 1.29 is 4.79 Å². The zero-order valence-electron chi connectivity index (χ0n) is 12.8. The van der Waals surface area contributed by atoms with E-state index in [1.807, 2.05) is 50.2 Å². The SMILES string of the molecule is Cc1nc(-c2ccc(Br)cc2)[nH]c1C.O=Cc1ccc(Br)cc1. The van der Waals surface area contributed by atoms with Gasteiger partial charge in [-0.2, -0.15) is 0 Å². The van der Waals surface area contributed by atoms with Gasteiger partial charge >= 0.3 is 0 Å². The van der Waals surface area contributed by atoms with Crippen molar-refractivity contribution in [2.24, 2.45) is 0 Å². The third-order valence-electron chi connectivity index (χ3n) is 3.25. The highest BCUT2D eigenvalue weighted by Gasteiger charge is 2.04. The molecule has 3 rings (SSSR count). The fourth-order valence-electron chi connectivity index (χ4n) is 1.83. The van der Waals surface area contributed by atoms with Crippen molar-refractivity contribution in [2.45, 2.75) is 13.8 Å². The number of hydrogen-bond acceptors (Lipinski definition) is 2. The number of H-pyrrole nitrogens is 1. The predicted octanol–water partition coefficient (Wildman–Crippen LogP) is 5.72. The number of rotatable bonds is 2. The molecule has 0 aliphatic heterocycles. The fourth-order valence-corrected chi connectivity index (χ4v) is 2.36. The van der Waals surface area contributed by atoms with Crippen molar-refractivity contribution in [3.05, 3.63) is 74.4 Å². The number of nitrogens with one attached hydrogen (secondary N) is 1. The number of hydrogen-bond donors (Lipinski definition) is 1. The molecular weight excluding hydrogens is 420 g/mol. The second-order valence-corrected chi connectivity index (χ2v) is 6.80. The minimum absolute atomic E-state index is 0.707. The summed E-state index contributed by atoms with van der Waals surface area (Å²) in [5.41, 5.74) is 4.01. The Bertz CT molecular complexity index is 758. The van der Waals surface area contributed by atoms with Crippen LogP contribution in [-0.2, 0) is 0 Å². The van der Waals surface area contributed by atoms with Gasteiger partial charge in [0.05, 0.1) is 5.69 Å². The summed E-state index contributed by atoms with van der Waals surface area (Å²) < 4.78 is 2.08. The molecule has 0 fully saturated rings. The standard InChI is InChI=1S/C11H11BrN2.C7H5BrO/c1-7-8(2)14-11(13-7)9-3-5-10(12)6-4-9;8-7-3-1-6(5-9)2-4-7/h3-6H,1-2H3,(H,13,14);1-5H. The first-order valence-corrected chi connectivity index (χ1v) is 8.58. The highest BCUT2D eigenvalue weighted by molar-refractivity contribution is 9.10. The normalized spacial score (nSPS) is 9.91. The Labute approximate surface area is 152 Å². The van der Waals surface area contributed by atoms with E-state index < -0.39 is 0 Å². The number of aromatic nitrogens is 2. The number of carbonyl (C=O) groups excluding carboxylic acids is 1. The summed E-state index contributed by atoms with van der Waals surface area (Å²) in [6.07, 6.45) is 0.826. The molecule has 0 amide bonds. The van der Waals surface area contributed by atoms with Gasteiger partial charge in [0.15, 0.2) is 0 Å². The molecule has 23 heavy (non-hydrogen) atoms. The largest absolute Gasteiger partial charge is 0.342 e. The van der Waals surface area contributed by atoms with Gasteiger partial charge in [-0.05, 0) is 38.1 Å². The Hall–Kier alpha value is -1.72. The van der Waals surface area contributed by atoms with Crippen LogP contribution < -0.4 is 0 Å². The van der Waals surface area contributed by atoms with E-state index in [2.05, 4.69) is 41.8 Å². The maximum absolute atomic E-state index is 10.1. The van der Waals surface area contributed by atoms with Crippen molar-refractivity contribution in [1.82, 2.24) is 9.97 Å². The average Bonchev–Trinajstić information content (AvgIpc) is 2.89. The monoisotopic (exact) mass is 434 g/mol. The molecule has 0 aliphatic rings. The minimum Gasteiger partial charge on any atom is -0.342 e. The second-order valence-electron chi connectivity index (χ2n) is 4.97. The number of aromatic amines is 1. The molecule has 3 nitrogen and oxygen atoms in total. The molecule has 5 heteroatoms. The van der Waals surface area contributed by atoms with Gasteiger partial charge in [-0.15, -0.1) is 0 Å². The van der Waals surface area contributed by atoms with Gasteiger partial charge in [-0.3, -0.25) is 4.79 Å². The van der Waals surface area contributed by atoms with E-state index in [0.717, 1.165) is 38.0 Å². The summed E-state index contributed by atoms with van der Waals surface area (Å²) in [5.74, 6) is 0.938. The lowest BCUT2D eigenvalue weighted by molar-refractivity contribution is 0.112. The summed E-state index contributed by atoms with van der Waals surface area (Å²) >= 11 is 6.67. The molecular formula is C18H16Br2N2O. The van der Waals surface area contributed by atoms with Gasteiger partial charge < -0.3 is 4.98 Å². The van der Waals surface area contributed by atoms with Gasteiger partial charge in [-0.1, -0.05) is 56.1 Å². The van der Waals surface area contributed by atoms with Crippen molar-refractivity contribution in [3.8, 4) is 11.4 Å². The summed E-state index contributed by atoms with van der Waals surface area (Å²) in [7, 11) is 0. The molecule has 1 aromatic heterocycles. The molecule has 0 atom stereocenters. The number of nitrogens with zero attached hydrogens (tertiary/aromatic N) is 1. The van der Waals surface area contributed by atoms with Crippen LogP contribution in [0.3, 0.4) is 0 Å². The van der Waals surface area contributed by atoms with Crippen molar-refractivity contribution in [2.75, 3.05) is 0 Å². The molecule has 0 bridgehead atoms. The highest BCUT2D eigenvalue weighted by atomic mass is 79.9. The molecule has 0 unspecified atom stereocenters. The van der Waals surface area contributed by atoms with Crippen LogP contribution in [0, 0.1) is 13.8 Å². The first-order chi connectivity index (χ1) is 11.0. The Kier molecular flexibility index (Phi) is 6.30. The third-order valence-corrected chi connectivity index (χ3v) is 4.31. The Morgan fingerprint density at radius 2 is 1.43 bits per heavy atom. The van der Waals surface area contributed by atoms with Crippen LogP contribution in [-0.4, -0.2) is 16.3 Å². The molecule has 0 saturated heterocycles. The lowest BCUT2D eigenvalue weighted by Gasteiger charge is -1.95. The molecule has 2 aromatic carbocycles. The van der Waals surface area contributed by atoms with Crippen LogP contribution in [0.25, 0.3) is 11.4 Å². The van der Waals surface area contributed by atoms with Gasteiger partial charge in [0.25, 0.3) is 0 Å². The smallest absolute Gasteiger partial charge is 0.150 e. The number of carbonyl (C=O) groups is 1. The predicted molar refractivity (Wildman–Crippen MR) is 101 cm³/mol. The first-order valence-electron chi connectivity index (χ1n) is 6.99. The molecule has 0 aliphatic carbocycles. The van der Waals surface area contributed by atoms with Gasteiger partial charge in [0, 0.05) is 25.8 Å². The summed E-state index contributed by atoms with van der Waals surface area (Å²) in [4.78, 5) is 17.8. The average molecular weight is 436 g/mol. The van der Waals surface area contributed by atoms with Crippen LogP contribution >= 0.6 is 31.9 Å². The Balaban J connectivity index is 0.000000185. The molecule has 0 saturated carbocycles. The van der Waals surface area contributed by atoms with Crippen molar-refractivity contribution in [1.29, 1.82) is 0 Å². The molecule has 1 heterocycles. The number of imidazole rings is 1. The lowest BCUT2D eigenvalue weighted by atomic mass is 10.2. The van der Waals surface area contributed by atoms with Gasteiger partial charge in [0.2, 0.25) is 0 Å². The van der Waals surface area contributed by atoms with E-state index in [9.17, 15) is 4.79 Å². The van der Waals surface area contributed by atoms with Crippen LogP contribution in [0.4, 0.5) is 0 Å². The summed E-state index contributed by atoms with van der Waals surface area (Å²) in [6.45, 7) is 4.04. The number of benzene rings is 2. The molecule has 118 valence electrons. The highest BCUT2D eigenvalue weighted by Crippen LogP contribution is 2.20. The summed E-state index contributed by atoms with van der Waals surface area (Å²) in [5, 5.41) is 0. The van der Waals surface area contributed by atoms with Crippen molar-refractivity contribution in [3.63, 3.8) is 0 Å². The van der Waals surface area contributed by atoms with Crippen LogP contribution in [0.15, 0.2) is 57.5 Å². The summed E-state index contributed by atoms with van der Waals surface area (Å²) in [6, 6.07) is 15.3. The number of halogens is 2. The second kappa shape index (κ2) is 8.22. The van der Waals surface area contributed by atoms with Crippen LogP contribution in [0.2, 0.25) is 0 Å². The molecule has 1 N–H and O–H groups in total. The lowest BCUT2D eigenvalue weighted by Crippen LogP contribution is -1.79. The van der Waals surface area contributed by atoms with E-state index in [1.165, 1.54) is 0 Å². The molecule has 0 radical (unpaired) electrons. The fraction of sp³-hybridized carbons (Fsp3) is 0.111. The maximum Gasteiger partial charge on any atom is 0.150 e. The van der Waals surface area contributed by atoms with E-state index in [-0.39, 0.29) is 0 Å².